The van der Waals surface area contributed by atoms with Crippen LogP contribution in [0.2, 0.25) is 0 Å². The van der Waals surface area contributed by atoms with Crippen LogP contribution in [-0.2, 0) is 6.54 Å². The molecule has 0 bridgehead atoms. The van der Waals surface area contributed by atoms with Crippen molar-refractivity contribution < 1.29 is 0 Å². The molecular formula is C15H26N4. The Morgan fingerprint density at radius 1 is 1.21 bits per heavy atom. The molecule has 0 radical (unpaired) electrons. The molecule has 0 amide bonds. The van der Waals surface area contributed by atoms with E-state index in [1.165, 1.54) is 24.1 Å². The van der Waals surface area contributed by atoms with Crippen LogP contribution in [0, 0.1) is 13.8 Å². The average molecular weight is 262 g/mol. The minimum Gasteiger partial charge on any atom is -0.354 e. The van der Waals surface area contributed by atoms with Gasteiger partial charge in [0.1, 0.15) is 5.82 Å². The van der Waals surface area contributed by atoms with Crippen LogP contribution in [0.25, 0.3) is 0 Å². The lowest BCUT2D eigenvalue weighted by Crippen LogP contribution is -2.47. The summed E-state index contributed by atoms with van der Waals surface area (Å²) < 4.78 is 0. The van der Waals surface area contributed by atoms with E-state index in [4.69, 9.17) is 10.7 Å². The highest BCUT2D eigenvalue weighted by atomic mass is 15.3. The minimum absolute atomic E-state index is 0.573. The molecule has 19 heavy (non-hydrogen) atoms. The van der Waals surface area contributed by atoms with Crippen molar-refractivity contribution in [2.24, 2.45) is 5.73 Å². The molecule has 1 aromatic rings. The van der Waals surface area contributed by atoms with E-state index in [1.807, 2.05) is 0 Å². The van der Waals surface area contributed by atoms with Crippen LogP contribution >= 0.6 is 0 Å². The summed E-state index contributed by atoms with van der Waals surface area (Å²) in [6.07, 6.45) is 1.23. The summed E-state index contributed by atoms with van der Waals surface area (Å²) in [7, 11) is 0. The third-order valence-corrected chi connectivity index (χ3v) is 3.87. The quantitative estimate of drug-likeness (QED) is 0.897. The lowest BCUT2D eigenvalue weighted by molar-refractivity contribution is 0.258. The van der Waals surface area contributed by atoms with Crippen LogP contribution in [0.15, 0.2) is 6.07 Å². The number of nitrogens with zero attached hydrogens (tertiary/aromatic N) is 3. The zero-order valence-electron chi connectivity index (χ0n) is 12.4. The molecule has 2 N–H and O–H groups in total. The van der Waals surface area contributed by atoms with Crippen LogP contribution in [0.4, 0.5) is 5.82 Å². The van der Waals surface area contributed by atoms with Gasteiger partial charge in [0, 0.05) is 44.0 Å². The molecule has 0 aliphatic carbocycles. The zero-order valence-corrected chi connectivity index (χ0v) is 12.4. The monoisotopic (exact) mass is 262 g/mol. The third-order valence-electron chi connectivity index (χ3n) is 3.87. The molecule has 0 aromatic carbocycles. The van der Waals surface area contributed by atoms with Crippen molar-refractivity contribution in [1.82, 2.24) is 9.88 Å². The number of aryl methyl sites for hydroxylation is 2. The molecule has 4 nitrogen and oxygen atoms in total. The molecule has 0 atom stereocenters. The molecule has 4 heteroatoms. The van der Waals surface area contributed by atoms with Crippen molar-refractivity contribution in [2.75, 3.05) is 37.6 Å². The molecule has 1 aliphatic heterocycles. The lowest BCUT2D eigenvalue weighted by Gasteiger charge is -2.36. The Hall–Kier alpha value is -1.13. The van der Waals surface area contributed by atoms with Crippen molar-refractivity contribution in [3.63, 3.8) is 0 Å². The first-order valence-electron chi connectivity index (χ1n) is 7.30. The maximum absolute atomic E-state index is 5.91. The molecule has 1 saturated heterocycles. The summed E-state index contributed by atoms with van der Waals surface area (Å²) in [6, 6.07) is 2.12. The lowest BCUT2D eigenvalue weighted by atomic mass is 10.1. The molecule has 1 aliphatic rings. The van der Waals surface area contributed by atoms with Crippen molar-refractivity contribution in [3.05, 3.63) is 22.9 Å². The second-order valence-corrected chi connectivity index (χ2v) is 5.42. The molecule has 0 saturated carbocycles. The molecule has 106 valence electrons. The highest BCUT2D eigenvalue weighted by molar-refractivity contribution is 5.52. The largest absolute Gasteiger partial charge is 0.354 e. The number of hydrogen-bond donors (Lipinski definition) is 1. The molecule has 1 aromatic heterocycles. The molecule has 2 rings (SSSR count). The summed E-state index contributed by atoms with van der Waals surface area (Å²) in [4.78, 5) is 9.65. The van der Waals surface area contributed by atoms with Crippen molar-refractivity contribution >= 4 is 5.82 Å². The Kier molecular flexibility index (Phi) is 4.77. The maximum Gasteiger partial charge on any atom is 0.133 e. The van der Waals surface area contributed by atoms with Crippen molar-refractivity contribution in [2.45, 2.75) is 33.7 Å². The van der Waals surface area contributed by atoms with Gasteiger partial charge in [0.2, 0.25) is 0 Å². The van der Waals surface area contributed by atoms with Gasteiger partial charge in [0.05, 0.1) is 0 Å². The summed E-state index contributed by atoms with van der Waals surface area (Å²) in [6.45, 7) is 12.6. The predicted molar refractivity (Wildman–Crippen MR) is 80.5 cm³/mol. The standard InChI is InChI=1S/C15H26N4/c1-4-5-18-6-8-19(9-7-18)15-14(11-16)12(2)10-13(3)17-15/h10H,4-9,11,16H2,1-3H3. The Balaban J connectivity index is 2.15. The van der Waals surface area contributed by atoms with E-state index in [1.54, 1.807) is 0 Å². The molecule has 0 spiro atoms. The van der Waals surface area contributed by atoms with Gasteiger partial charge in [-0.15, -0.1) is 0 Å². The highest BCUT2D eigenvalue weighted by Crippen LogP contribution is 2.23. The topological polar surface area (TPSA) is 45.4 Å². The minimum atomic E-state index is 0.573. The van der Waals surface area contributed by atoms with E-state index in [0.717, 1.165) is 37.7 Å². The number of hydrogen-bond acceptors (Lipinski definition) is 4. The first-order chi connectivity index (χ1) is 9.15. The van der Waals surface area contributed by atoms with E-state index in [-0.39, 0.29) is 0 Å². The van der Waals surface area contributed by atoms with Crippen molar-refractivity contribution in [1.29, 1.82) is 0 Å². The van der Waals surface area contributed by atoms with Crippen LogP contribution < -0.4 is 10.6 Å². The number of pyridine rings is 1. The number of piperazine rings is 1. The fourth-order valence-electron chi connectivity index (χ4n) is 2.86. The van der Waals surface area contributed by atoms with Gasteiger partial charge in [-0.3, -0.25) is 4.90 Å². The van der Waals surface area contributed by atoms with Gasteiger partial charge in [-0.1, -0.05) is 6.92 Å². The van der Waals surface area contributed by atoms with Gasteiger partial charge in [0.25, 0.3) is 0 Å². The maximum atomic E-state index is 5.91. The predicted octanol–water partition coefficient (Wildman–Crippen LogP) is 1.69. The van der Waals surface area contributed by atoms with Crippen LogP contribution in [0.3, 0.4) is 0 Å². The number of rotatable bonds is 4. The highest BCUT2D eigenvalue weighted by Gasteiger charge is 2.20. The summed E-state index contributed by atoms with van der Waals surface area (Å²) in [5.74, 6) is 1.11. The Labute approximate surface area is 116 Å². The fourth-order valence-corrected chi connectivity index (χ4v) is 2.86. The van der Waals surface area contributed by atoms with Gasteiger partial charge >= 0.3 is 0 Å². The molecule has 0 unspecified atom stereocenters. The normalized spacial score (nSPS) is 16.9. The zero-order chi connectivity index (χ0) is 13.8. The van der Waals surface area contributed by atoms with Crippen LogP contribution in [0.5, 0.6) is 0 Å². The van der Waals surface area contributed by atoms with E-state index in [0.29, 0.717) is 6.54 Å². The second kappa shape index (κ2) is 6.35. The van der Waals surface area contributed by atoms with Gasteiger partial charge in [-0.25, -0.2) is 4.98 Å². The summed E-state index contributed by atoms with van der Waals surface area (Å²) >= 11 is 0. The average Bonchev–Trinajstić information content (AvgIpc) is 2.39. The Bertz CT molecular complexity index is 422. The van der Waals surface area contributed by atoms with Crippen LogP contribution in [0.1, 0.15) is 30.2 Å². The van der Waals surface area contributed by atoms with Gasteiger partial charge in [0.15, 0.2) is 0 Å². The third kappa shape index (κ3) is 3.25. The second-order valence-electron chi connectivity index (χ2n) is 5.42. The Morgan fingerprint density at radius 2 is 1.89 bits per heavy atom. The number of aromatic nitrogens is 1. The van der Waals surface area contributed by atoms with Gasteiger partial charge < -0.3 is 10.6 Å². The van der Waals surface area contributed by atoms with Crippen molar-refractivity contribution in [3.8, 4) is 0 Å². The molecule has 1 fully saturated rings. The molecule has 2 heterocycles. The SMILES string of the molecule is CCCN1CCN(c2nc(C)cc(C)c2CN)CC1. The smallest absolute Gasteiger partial charge is 0.133 e. The first kappa shape index (κ1) is 14.3. The van der Waals surface area contributed by atoms with E-state index < -0.39 is 0 Å². The van der Waals surface area contributed by atoms with E-state index in [9.17, 15) is 0 Å². The first-order valence-corrected chi connectivity index (χ1v) is 7.30. The fraction of sp³-hybridized carbons (Fsp3) is 0.667. The number of nitrogens with two attached hydrogens (primary N) is 1. The summed E-state index contributed by atoms with van der Waals surface area (Å²) in [5.41, 5.74) is 9.46. The number of anilines is 1. The van der Waals surface area contributed by atoms with Gasteiger partial charge in [-0.2, -0.15) is 0 Å². The molecular weight excluding hydrogens is 236 g/mol. The van der Waals surface area contributed by atoms with E-state index in [2.05, 4.69) is 36.6 Å². The van der Waals surface area contributed by atoms with Gasteiger partial charge in [-0.05, 0) is 38.4 Å². The van der Waals surface area contributed by atoms with E-state index >= 15 is 0 Å². The summed E-state index contributed by atoms with van der Waals surface area (Å²) in [5, 5.41) is 0. The Morgan fingerprint density at radius 3 is 2.47 bits per heavy atom. The van der Waals surface area contributed by atoms with Crippen LogP contribution in [-0.4, -0.2) is 42.6 Å².